The Morgan fingerprint density at radius 3 is 2.69 bits per heavy atom. The highest BCUT2D eigenvalue weighted by molar-refractivity contribution is 6.30. The molecule has 196 valence electrons. The fraction of sp³-hybridized carbons (Fsp3) is 0.400. The van der Waals surface area contributed by atoms with Gasteiger partial charge in [-0.1, -0.05) is 37.6 Å². The molecule has 0 saturated heterocycles. The first kappa shape index (κ1) is 28.9. The number of pyridine rings is 1. The molecule has 2 aromatic rings. The van der Waals surface area contributed by atoms with Crippen LogP contribution < -0.4 is 21.3 Å². The predicted molar refractivity (Wildman–Crippen MR) is 138 cm³/mol. The molecule has 0 bridgehead atoms. The molecule has 10 nitrogen and oxygen atoms in total. The van der Waals surface area contributed by atoms with Gasteiger partial charge in [-0.25, -0.2) is 5.90 Å². The Hall–Kier alpha value is -3.34. The summed E-state index contributed by atoms with van der Waals surface area (Å²) in [7, 11) is 3.51. The zero-order chi connectivity index (χ0) is 26.7. The summed E-state index contributed by atoms with van der Waals surface area (Å²) < 4.78 is 6.37. The van der Waals surface area contributed by atoms with Crippen LogP contribution in [-0.2, 0) is 21.0 Å². The van der Waals surface area contributed by atoms with Gasteiger partial charge in [-0.15, -0.1) is 0 Å². The van der Waals surface area contributed by atoms with Crippen molar-refractivity contribution < 1.29 is 19.2 Å². The monoisotopic (exact) mass is 518 g/mol. The zero-order valence-electron chi connectivity index (χ0n) is 21.2. The minimum absolute atomic E-state index is 0.236. The van der Waals surface area contributed by atoms with Crippen molar-refractivity contribution in [1.29, 1.82) is 0 Å². The average Bonchev–Trinajstić information content (AvgIpc) is 3.24. The number of carbonyl (C=O) groups is 2. The third-order valence-corrected chi connectivity index (χ3v) is 5.75. The Balaban J connectivity index is 0.00000222. The molecule has 1 aliphatic rings. The summed E-state index contributed by atoms with van der Waals surface area (Å²) >= 11 is 6.02. The number of halogens is 1. The average molecular weight is 519 g/mol. The Morgan fingerprint density at radius 1 is 1.33 bits per heavy atom. The van der Waals surface area contributed by atoms with Crippen molar-refractivity contribution in [3.63, 3.8) is 0 Å². The van der Waals surface area contributed by atoms with Gasteiger partial charge < -0.3 is 34.8 Å². The third-order valence-electron chi connectivity index (χ3n) is 5.53. The number of hydrogen-bond donors (Lipinski definition) is 3. The molecule has 1 atom stereocenters. The maximum atomic E-state index is 13.0. The van der Waals surface area contributed by atoms with Gasteiger partial charge in [0.05, 0.1) is 23.9 Å². The standard InChI is InChI=1S/C24H33ClN6O3.CH2O/c1-16(2)17-7-5-8-20(13-17)34-24-29-22(30(4)11-6-12-33-26)21(23(32)27-3)31(24)15-19-10-9-18(25)14-28-19;1-2/h5,7-10,13-14,16,24,29H,6,11-12,15,26H2,1-4H3,(H,27,32);1H2. The van der Waals surface area contributed by atoms with Crippen LogP contribution in [0, 0.1) is 0 Å². The van der Waals surface area contributed by atoms with E-state index in [0.29, 0.717) is 54.3 Å². The molecule has 1 aromatic heterocycles. The molecular formula is C25H35ClN6O4. The lowest BCUT2D eigenvalue weighted by atomic mass is 10.0. The van der Waals surface area contributed by atoms with Crippen molar-refractivity contribution in [3.8, 4) is 5.75 Å². The van der Waals surface area contributed by atoms with Gasteiger partial charge in [0.15, 0.2) is 0 Å². The minimum Gasteiger partial charge on any atom is -0.452 e. The lowest BCUT2D eigenvalue weighted by Gasteiger charge is -2.28. The number of rotatable bonds is 11. The quantitative estimate of drug-likeness (QED) is 0.304. The number of hydrogen-bond acceptors (Lipinski definition) is 9. The van der Waals surface area contributed by atoms with E-state index in [1.165, 1.54) is 5.56 Å². The molecule has 1 aliphatic heterocycles. The summed E-state index contributed by atoms with van der Waals surface area (Å²) in [6.45, 7) is 7.64. The first-order valence-corrected chi connectivity index (χ1v) is 11.9. The van der Waals surface area contributed by atoms with Gasteiger partial charge in [0, 0.05) is 26.8 Å². The van der Waals surface area contributed by atoms with Gasteiger partial charge in [0.2, 0.25) is 0 Å². The number of nitrogens with zero attached hydrogens (tertiary/aromatic N) is 3. The molecule has 0 fully saturated rings. The summed E-state index contributed by atoms with van der Waals surface area (Å²) in [6, 6.07) is 11.6. The molecule has 1 amide bonds. The van der Waals surface area contributed by atoms with E-state index in [1.807, 2.05) is 47.9 Å². The SMILES string of the molecule is C=O.CNC(=O)C1=C(N(C)CCCON)NC(Oc2cccc(C(C)C)c2)N1Cc1ccc(Cl)cn1. The molecule has 0 spiro atoms. The van der Waals surface area contributed by atoms with Gasteiger partial charge in [-0.2, -0.15) is 0 Å². The van der Waals surface area contributed by atoms with Crippen molar-refractivity contribution in [2.75, 3.05) is 27.2 Å². The second-order valence-corrected chi connectivity index (χ2v) is 8.80. The number of likely N-dealkylation sites (N-methyl/N-ethyl adjacent to an activating group) is 1. The van der Waals surface area contributed by atoms with E-state index in [-0.39, 0.29) is 5.91 Å². The van der Waals surface area contributed by atoms with Gasteiger partial charge >= 0.3 is 0 Å². The van der Waals surface area contributed by atoms with Crippen LogP contribution in [0.2, 0.25) is 5.02 Å². The first-order valence-electron chi connectivity index (χ1n) is 11.5. The van der Waals surface area contributed by atoms with Crippen LogP contribution in [0.4, 0.5) is 0 Å². The summed E-state index contributed by atoms with van der Waals surface area (Å²) in [5.74, 6) is 6.65. The molecule has 36 heavy (non-hydrogen) atoms. The van der Waals surface area contributed by atoms with Crippen molar-refractivity contribution in [1.82, 2.24) is 25.4 Å². The van der Waals surface area contributed by atoms with Gasteiger partial charge in [-0.3, -0.25) is 9.78 Å². The summed E-state index contributed by atoms with van der Waals surface area (Å²) in [5, 5.41) is 6.68. The molecule has 11 heteroatoms. The molecule has 0 saturated carbocycles. The van der Waals surface area contributed by atoms with Crippen LogP contribution in [0.25, 0.3) is 0 Å². The van der Waals surface area contributed by atoms with Gasteiger partial charge in [0.25, 0.3) is 12.3 Å². The third kappa shape index (κ3) is 7.58. The number of amides is 1. The maximum Gasteiger partial charge on any atom is 0.271 e. The van der Waals surface area contributed by atoms with E-state index in [1.54, 1.807) is 19.3 Å². The zero-order valence-corrected chi connectivity index (χ0v) is 21.9. The number of nitrogens with two attached hydrogens (primary N) is 1. The molecule has 1 aromatic carbocycles. The highest BCUT2D eigenvalue weighted by atomic mass is 35.5. The largest absolute Gasteiger partial charge is 0.452 e. The van der Waals surface area contributed by atoms with E-state index < -0.39 is 6.35 Å². The Bertz CT molecular complexity index is 1020. The highest BCUT2D eigenvalue weighted by Gasteiger charge is 2.38. The lowest BCUT2D eigenvalue weighted by Crippen LogP contribution is -2.44. The van der Waals surface area contributed by atoms with Gasteiger partial charge in [-0.05, 0) is 42.2 Å². The number of aromatic nitrogens is 1. The lowest BCUT2D eigenvalue weighted by molar-refractivity contribution is -0.119. The van der Waals surface area contributed by atoms with Gasteiger partial charge in [0.1, 0.15) is 24.1 Å². The smallest absolute Gasteiger partial charge is 0.271 e. The molecule has 0 radical (unpaired) electrons. The van der Waals surface area contributed by atoms with E-state index >= 15 is 0 Å². The van der Waals surface area contributed by atoms with Crippen LogP contribution in [0.3, 0.4) is 0 Å². The van der Waals surface area contributed by atoms with Crippen LogP contribution in [0.15, 0.2) is 54.1 Å². The summed E-state index contributed by atoms with van der Waals surface area (Å²) in [5.41, 5.74) is 2.37. The fourth-order valence-electron chi connectivity index (χ4n) is 3.67. The molecule has 3 rings (SSSR count). The van der Waals surface area contributed by atoms with Crippen molar-refractivity contribution >= 4 is 24.3 Å². The number of nitrogens with one attached hydrogen (secondary N) is 2. The number of benzene rings is 1. The van der Waals surface area contributed by atoms with Crippen molar-refractivity contribution in [2.45, 2.75) is 39.1 Å². The van der Waals surface area contributed by atoms with Crippen LogP contribution in [-0.4, -0.2) is 61.1 Å². The Kier molecular flexibility index (Phi) is 11.5. The van der Waals surface area contributed by atoms with Crippen molar-refractivity contribution in [3.05, 3.63) is 70.4 Å². The number of ether oxygens (including phenoxy) is 1. The predicted octanol–water partition coefficient (Wildman–Crippen LogP) is 2.57. The summed E-state index contributed by atoms with van der Waals surface area (Å²) in [6.07, 6.45) is 1.65. The van der Waals surface area contributed by atoms with Crippen LogP contribution in [0.5, 0.6) is 5.75 Å². The Morgan fingerprint density at radius 2 is 2.08 bits per heavy atom. The van der Waals surface area contributed by atoms with Crippen LogP contribution in [0.1, 0.15) is 37.4 Å². The van der Waals surface area contributed by atoms with Crippen molar-refractivity contribution in [2.24, 2.45) is 5.90 Å². The molecular weight excluding hydrogens is 484 g/mol. The van der Waals surface area contributed by atoms with E-state index in [4.69, 9.17) is 31.9 Å². The summed E-state index contributed by atoms with van der Waals surface area (Å²) in [4.78, 5) is 34.0. The number of carbonyl (C=O) groups excluding carboxylic acids is 2. The molecule has 1 unspecified atom stereocenters. The van der Waals surface area contributed by atoms with Crippen LogP contribution >= 0.6 is 11.6 Å². The second-order valence-electron chi connectivity index (χ2n) is 8.36. The van der Waals surface area contributed by atoms with E-state index in [0.717, 1.165) is 5.69 Å². The maximum absolute atomic E-state index is 13.0. The molecule has 4 N–H and O–H groups in total. The molecule has 2 heterocycles. The Labute approximate surface area is 217 Å². The fourth-order valence-corrected chi connectivity index (χ4v) is 3.78. The topological polar surface area (TPSA) is 122 Å². The first-order chi connectivity index (χ1) is 17.3. The van der Waals surface area contributed by atoms with E-state index in [9.17, 15) is 4.79 Å². The molecule has 0 aliphatic carbocycles. The second kappa shape index (κ2) is 14.3. The van der Waals surface area contributed by atoms with E-state index in [2.05, 4.69) is 35.5 Å². The minimum atomic E-state index is -0.629. The normalized spacial score (nSPS) is 14.8. The highest BCUT2D eigenvalue weighted by Crippen LogP contribution is 2.28.